The van der Waals surface area contributed by atoms with Gasteiger partial charge in [0.05, 0.1) is 12.2 Å². The quantitative estimate of drug-likeness (QED) is 0.621. The van der Waals surface area contributed by atoms with Gasteiger partial charge in [-0.15, -0.1) is 0 Å². The molecule has 1 heterocycles. The number of hydrogen-bond acceptors (Lipinski definition) is 3. The highest BCUT2D eigenvalue weighted by Gasteiger charge is 2.46. The van der Waals surface area contributed by atoms with E-state index in [2.05, 4.69) is 0 Å². The standard InChI is InChI=1S/C22H28F3NO3/c1-5-28-18-7-6-16(12-17(18)22(23,24)25)15-8-10-21(11-9-15)13-26(14-21)19(27)29-20(2,3)4/h6-8,12H,5,9-11,13-14H2,1-4H3. The van der Waals surface area contributed by atoms with Crippen LogP contribution in [-0.4, -0.2) is 36.3 Å². The smallest absolute Gasteiger partial charge is 0.419 e. The van der Waals surface area contributed by atoms with Crippen molar-refractivity contribution in [2.45, 2.75) is 58.7 Å². The minimum atomic E-state index is -4.46. The van der Waals surface area contributed by atoms with E-state index < -0.39 is 17.3 Å². The Hall–Kier alpha value is -2.18. The molecule has 1 saturated heterocycles. The molecule has 1 aromatic rings. The lowest BCUT2D eigenvalue weighted by atomic mass is 9.69. The van der Waals surface area contributed by atoms with Crippen molar-refractivity contribution in [2.24, 2.45) is 5.41 Å². The van der Waals surface area contributed by atoms with Crippen LogP contribution >= 0.6 is 0 Å². The van der Waals surface area contributed by atoms with Gasteiger partial charge in [-0.2, -0.15) is 13.2 Å². The number of carbonyl (C=O) groups excluding carboxylic acids is 1. The number of benzene rings is 1. The molecule has 4 nitrogen and oxygen atoms in total. The third kappa shape index (κ3) is 4.87. The van der Waals surface area contributed by atoms with E-state index >= 15 is 0 Å². The Balaban J connectivity index is 1.68. The Morgan fingerprint density at radius 3 is 2.41 bits per heavy atom. The molecule has 0 radical (unpaired) electrons. The predicted octanol–water partition coefficient (Wildman–Crippen LogP) is 5.91. The van der Waals surface area contributed by atoms with Crippen molar-refractivity contribution in [1.82, 2.24) is 4.90 Å². The molecule has 7 heteroatoms. The summed E-state index contributed by atoms with van der Waals surface area (Å²) in [4.78, 5) is 13.8. The summed E-state index contributed by atoms with van der Waals surface area (Å²) in [5.74, 6) is -0.136. The maximum absolute atomic E-state index is 13.4. The van der Waals surface area contributed by atoms with Crippen LogP contribution in [0.2, 0.25) is 0 Å². The normalized spacial score (nSPS) is 18.9. The van der Waals surface area contributed by atoms with E-state index in [0.29, 0.717) is 25.1 Å². The van der Waals surface area contributed by atoms with Crippen molar-refractivity contribution in [1.29, 1.82) is 0 Å². The number of ether oxygens (including phenoxy) is 2. The van der Waals surface area contributed by atoms with Crippen LogP contribution in [-0.2, 0) is 10.9 Å². The van der Waals surface area contributed by atoms with Gasteiger partial charge in [-0.25, -0.2) is 4.79 Å². The lowest BCUT2D eigenvalue weighted by Gasteiger charge is -2.51. The highest BCUT2D eigenvalue weighted by atomic mass is 19.4. The van der Waals surface area contributed by atoms with Crippen LogP contribution in [0.3, 0.4) is 0 Å². The molecule has 2 aliphatic rings. The van der Waals surface area contributed by atoms with Crippen LogP contribution in [0.4, 0.5) is 18.0 Å². The van der Waals surface area contributed by atoms with Crippen LogP contribution in [0, 0.1) is 5.41 Å². The molecule has 3 rings (SSSR count). The maximum atomic E-state index is 13.4. The topological polar surface area (TPSA) is 38.8 Å². The van der Waals surface area contributed by atoms with E-state index in [4.69, 9.17) is 9.47 Å². The molecule has 160 valence electrons. The van der Waals surface area contributed by atoms with Crippen LogP contribution in [0.15, 0.2) is 24.3 Å². The van der Waals surface area contributed by atoms with Gasteiger partial charge in [0.25, 0.3) is 0 Å². The Labute approximate surface area is 169 Å². The van der Waals surface area contributed by atoms with E-state index in [1.165, 1.54) is 12.1 Å². The predicted molar refractivity (Wildman–Crippen MR) is 105 cm³/mol. The summed E-state index contributed by atoms with van der Waals surface area (Å²) in [5.41, 5.74) is 0.249. The molecule has 0 atom stereocenters. The average Bonchev–Trinajstić information content (AvgIpc) is 2.58. The minimum absolute atomic E-state index is 0.0124. The van der Waals surface area contributed by atoms with Gasteiger partial charge >= 0.3 is 12.3 Å². The molecule has 0 unspecified atom stereocenters. The number of rotatable bonds is 3. The molecule has 29 heavy (non-hydrogen) atoms. The van der Waals surface area contributed by atoms with Crippen molar-refractivity contribution in [2.75, 3.05) is 19.7 Å². The van der Waals surface area contributed by atoms with E-state index in [1.54, 1.807) is 17.9 Å². The zero-order valence-corrected chi connectivity index (χ0v) is 17.4. The minimum Gasteiger partial charge on any atom is -0.493 e. The summed E-state index contributed by atoms with van der Waals surface area (Å²) >= 11 is 0. The largest absolute Gasteiger partial charge is 0.493 e. The summed E-state index contributed by atoms with van der Waals surface area (Å²) < 4.78 is 50.7. The van der Waals surface area contributed by atoms with Gasteiger partial charge in [0.2, 0.25) is 0 Å². The second kappa shape index (κ2) is 7.58. The number of alkyl halides is 3. The highest BCUT2D eigenvalue weighted by Crippen LogP contribution is 2.46. The van der Waals surface area contributed by atoms with Gasteiger partial charge in [0.15, 0.2) is 0 Å². The first-order valence-corrected chi connectivity index (χ1v) is 9.94. The van der Waals surface area contributed by atoms with Crippen LogP contribution in [0.25, 0.3) is 5.57 Å². The molecular weight excluding hydrogens is 383 g/mol. The third-order valence-electron chi connectivity index (χ3n) is 5.37. The highest BCUT2D eigenvalue weighted by molar-refractivity contribution is 5.71. The van der Waals surface area contributed by atoms with Crippen molar-refractivity contribution in [3.63, 3.8) is 0 Å². The molecule has 1 aliphatic heterocycles. The van der Waals surface area contributed by atoms with E-state index in [9.17, 15) is 18.0 Å². The Bertz CT molecular complexity index is 803. The first-order chi connectivity index (χ1) is 13.4. The summed E-state index contributed by atoms with van der Waals surface area (Å²) in [5, 5.41) is 0. The molecule has 0 saturated carbocycles. The van der Waals surface area contributed by atoms with Gasteiger partial charge < -0.3 is 14.4 Å². The fraction of sp³-hybridized carbons (Fsp3) is 0.591. The second-order valence-corrected chi connectivity index (χ2v) is 8.91. The summed E-state index contributed by atoms with van der Waals surface area (Å²) in [6.07, 6.45) is -0.472. The van der Waals surface area contributed by atoms with Gasteiger partial charge in [-0.3, -0.25) is 0 Å². The van der Waals surface area contributed by atoms with Crippen molar-refractivity contribution in [3.8, 4) is 5.75 Å². The van der Waals surface area contributed by atoms with Crippen LogP contribution in [0.5, 0.6) is 5.75 Å². The van der Waals surface area contributed by atoms with E-state index in [-0.39, 0.29) is 23.9 Å². The fourth-order valence-electron chi connectivity index (χ4n) is 3.94. The number of amides is 1. The summed E-state index contributed by atoms with van der Waals surface area (Å²) in [6.45, 7) is 8.61. The number of likely N-dealkylation sites (tertiary alicyclic amines) is 1. The molecule has 1 aliphatic carbocycles. The zero-order chi connectivity index (χ0) is 21.4. The number of carbonyl (C=O) groups is 1. The van der Waals surface area contributed by atoms with Gasteiger partial charge in [0.1, 0.15) is 11.4 Å². The van der Waals surface area contributed by atoms with Crippen LogP contribution in [0.1, 0.15) is 58.1 Å². The zero-order valence-electron chi connectivity index (χ0n) is 17.4. The number of allylic oxidation sites excluding steroid dienone is 2. The molecule has 1 fully saturated rings. The molecule has 0 N–H and O–H groups in total. The van der Waals surface area contributed by atoms with Crippen molar-refractivity contribution >= 4 is 11.7 Å². The first kappa shape index (κ1) is 21.5. The number of hydrogen-bond donors (Lipinski definition) is 0. The van der Waals surface area contributed by atoms with Gasteiger partial charge in [-0.05, 0) is 70.2 Å². The number of halogens is 3. The number of nitrogens with zero attached hydrogens (tertiary/aromatic N) is 1. The van der Waals surface area contributed by atoms with Crippen LogP contribution < -0.4 is 4.74 Å². The molecular formula is C22H28F3NO3. The first-order valence-electron chi connectivity index (χ1n) is 9.94. The van der Waals surface area contributed by atoms with Gasteiger partial charge in [-0.1, -0.05) is 12.1 Å². The Kier molecular flexibility index (Phi) is 5.62. The average molecular weight is 411 g/mol. The Morgan fingerprint density at radius 1 is 1.21 bits per heavy atom. The Morgan fingerprint density at radius 2 is 1.90 bits per heavy atom. The summed E-state index contributed by atoms with van der Waals surface area (Å²) in [7, 11) is 0. The molecule has 1 amide bonds. The lowest BCUT2D eigenvalue weighted by Crippen LogP contribution is -2.59. The van der Waals surface area contributed by atoms with E-state index in [0.717, 1.165) is 18.4 Å². The van der Waals surface area contributed by atoms with Crippen molar-refractivity contribution < 1.29 is 27.4 Å². The molecule has 1 spiro atoms. The molecule has 1 aromatic carbocycles. The second-order valence-electron chi connectivity index (χ2n) is 8.91. The maximum Gasteiger partial charge on any atom is 0.419 e. The monoisotopic (exact) mass is 411 g/mol. The fourth-order valence-corrected chi connectivity index (χ4v) is 3.94. The van der Waals surface area contributed by atoms with Gasteiger partial charge in [0, 0.05) is 18.5 Å². The van der Waals surface area contributed by atoms with Crippen molar-refractivity contribution in [3.05, 3.63) is 35.4 Å². The summed E-state index contributed by atoms with van der Waals surface area (Å²) in [6, 6.07) is 4.28. The third-order valence-corrected chi connectivity index (χ3v) is 5.37. The molecule has 0 bridgehead atoms. The lowest BCUT2D eigenvalue weighted by molar-refractivity contribution is -0.138. The SMILES string of the molecule is CCOc1ccc(C2=CCC3(CC2)CN(C(=O)OC(C)(C)C)C3)cc1C(F)(F)F. The van der Waals surface area contributed by atoms with E-state index in [1.807, 2.05) is 26.8 Å². The molecule has 0 aromatic heterocycles.